The van der Waals surface area contributed by atoms with E-state index >= 15 is 0 Å². The Morgan fingerprint density at radius 2 is 1.86 bits per heavy atom. The van der Waals surface area contributed by atoms with E-state index in [9.17, 15) is 8.42 Å². The highest BCUT2D eigenvalue weighted by molar-refractivity contribution is 9.11. The van der Waals surface area contributed by atoms with Crippen molar-refractivity contribution in [1.82, 2.24) is 9.97 Å². The number of hydrogen-bond acceptors (Lipinski definition) is 7. The number of benzene rings is 1. The molecule has 0 fully saturated rings. The third-order valence-electron chi connectivity index (χ3n) is 2.56. The molecule has 0 radical (unpaired) electrons. The highest BCUT2D eigenvalue weighted by Crippen LogP contribution is 2.36. The Hall–Kier alpha value is -1.00. The Balaban J connectivity index is 1.96. The second-order valence-electron chi connectivity index (χ2n) is 4.01. The van der Waals surface area contributed by atoms with Crippen LogP contribution in [0.15, 0.2) is 50.2 Å². The first-order chi connectivity index (χ1) is 10.5. The van der Waals surface area contributed by atoms with Gasteiger partial charge < -0.3 is 5.32 Å². The topological polar surface area (TPSA) is 72.0 Å². The molecule has 5 nitrogen and oxygen atoms in total. The minimum Gasteiger partial charge on any atom is -0.307 e. The van der Waals surface area contributed by atoms with E-state index in [-0.39, 0.29) is 14.3 Å². The minimum atomic E-state index is -3.73. The summed E-state index contributed by atoms with van der Waals surface area (Å²) in [5.74, 6) is 0. The molecule has 2 aromatic heterocycles. The van der Waals surface area contributed by atoms with Crippen molar-refractivity contribution in [3.8, 4) is 0 Å². The van der Waals surface area contributed by atoms with E-state index < -0.39 is 9.84 Å². The Morgan fingerprint density at radius 1 is 1.14 bits per heavy atom. The third-order valence-corrected chi connectivity index (χ3v) is 7.06. The number of nitrogens with zero attached hydrogens (tertiary/aromatic N) is 2. The zero-order valence-electron chi connectivity index (χ0n) is 10.7. The van der Waals surface area contributed by atoms with E-state index in [1.165, 1.54) is 23.5 Å². The van der Waals surface area contributed by atoms with Crippen molar-refractivity contribution >= 4 is 70.3 Å². The van der Waals surface area contributed by atoms with Crippen LogP contribution in [0.25, 0.3) is 0 Å². The van der Waals surface area contributed by atoms with Crippen LogP contribution in [0, 0.1) is 0 Å². The molecule has 1 aromatic carbocycles. The van der Waals surface area contributed by atoms with Crippen molar-refractivity contribution in [1.29, 1.82) is 0 Å². The van der Waals surface area contributed by atoms with Crippen LogP contribution in [0.3, 0.4) is 0 Å². The molecule has 10 heteroatoms. The van der Waals surface area contributed by atoms with Gasteiger partial charge in [0.1, 0.15) is 4.34 Å². The lowest BCUT2D eigenvalue weighted by Crippen LogP contribution is -2.03. The summed E-state index contributed by atoms with van der Waals surface area (Å²) in [6, 6.07) is 8.07. The van der Waals surface area contributed by atoms with Gasteiger partial charge in [0.2, 0.25) is 9.84 Å². The molecule has 3 aromatic rings. The number of anilines is 2. The third kappa shape index (κ3) is 3.18. The molecule has 0 aliphatic rings. The molecule has 0 amide bonds. The van der Waals surface area contributed by atoms with Crippen LogP contribution >= 0.6 is 50.2 Å². The lowest BCUT2D eigenvalue weighted by atomic mass is 10.4. The number of nitrogens with one attached hydrogen (secondary N) is 1. The number of sulfone groups is 1. The smallest absolute Gasteiger partial charge is 0.226 e. The summed E-state index contributed by atoms with van der Waals surface area (Å²) >= 11 is 11.8. The fraction of sp³-hybridized carbons (Fsp3) is 0. The van der Waals surface area contributed by atoms with Gasteiger partial charge in [-0.05, 0) is 28.1 Å². The van der Waals surface area contributed by atoms with E-state index in [4.69, 9.17) is 11.6 Å². The van der Waals surface area contributed by atoms with E-state index in [1.54, 1.807) is 24.4 Å². The zero-order valence-corrected chi connectivity index (χ0v) is 15.4. The molecule has 0 unspecified atom stereocenters. The van der Waals surface area contributed by atoms with E-state index in [2.05, 4.69) is 31.2 Å². The molecular weight excluding hydrogens is 430 g/mol. The second-order valence-corrected chi connectivity index (χ2v) is 9.88. The Bertz CT molecular complexity index is 909. The summed E-state index contributed by atoms with van der Waals surface area (Å²) < 4.78 is 26.0. The first-order valence-corrected chi connectivity index (χ1v) is 10.1. The average Bonchev–Trinajstić information content (AvgIpc) is 3.06. The van der Waals surface area contributed by atoms with Gasteiger partial charge in [0.15, 0.2) is 15.3 Å². The highest BCUT2D eigenvalue weighted by atomic mass is 79.9. The first-order valence-electron chi connectivity index (χ1n) is 5.81. The number of aromatic nitrogens is 2. The van der Waals surface area contributed by atoms with Crippen LogP contribution in [-0.4, -0.2) is 18.4 Å². The van der Waals surface area contributed by atoms with Crippen molar-refractivity contribution < 1.29 is 8.42 Å². The van der Waals surface area contributed by atoms with Gasteiger partial charge in [-0.1, -0.05) is 52.5 Å². The molecular formula is C12H7BrClN3O2S3. The predicted octanol–water partition coefficient (Wildman–Crippen LogP) is 4.59. The summed E-state index contributed by atoms with van der Waals surface area (Å²) in [5.41, 5.74) is 0. The van der Waals surface area contributed by atoms with Gasteiger partial charge in [0.05, 0.1) is 14.9 Å². The van der Waals surface area contributed by atoms with Crippen molar-refractivity contribution in [2.75, 3.05) is 5.32 Å². The molecule has 0 spiro atoms. The summed E-state index contributed by atoms with van der Waals surface area (Å²) in [7, 11) is -3.73. The average molecular weight is 437 g/mol. The first kappa shape index (κ1) is 15.9. The monoisotopic (exact) mass is 435 g/mol. The maximum atomic E-state index is 12.5. The van der Waals surface area contributed by atoms with Gasteiger partial charge in [0.25, 0.3) is 0 Å². The molecule has 0 aliphatic heterocycles. The standard InChI is InChI=1S/C12H7BrClN3O2S3/c13-8-6-15-11(20-8)17-12-16-10(9(14)21-12)22(18,19)7-4-2-1-3-5-7/h1-6H,(H,15,16,17). The molecule has 2 heterocycles. The van der Waals surface area contributed by atoms with Crippen LogP contribution in [0.5, 0.6) is 0 Å². The van der Waals surface area contributed by atoms with Gasteiger partial charge in [-0.3, -0.25) is 0 Å². The Kier molecular flexibility index (Phi) is 4.51. The Labute approximate surface area is 148 Å². The summed E-state index contributed by atoms with van der Waals surface area (Å²) in [6.07, 6.45) is 1.64. The number of thiazole rings is 2. The molecule has 3 rings (SSSR count). The van der Waals surface area contributed by atoms with Crippen molar-refractivity contribution in [2.45, 2.75) is 9.92 Å². The summed E-state index contributed by atoms with van der Waals surface area (Å²) in [6.45, 7) is 0. The molecule has 0 bridgehead atoms. The van der Waals surface area contributed by atoms with Crippen LogP contribution in [-0.2, 0) is 9.84 Å². The highest BCUT2D eigenvalue weighted by Gasteiger charge is 2.25. The van der Waals surface area contributed by atoms with Crippen molar-refractivity contribution in [3.05, 3.63) is 44.7 Å². The number of rotatable bonds is 4. The molecule has 22 heavy (non-hydrogen) atoms. The number of hydrogen-bond donors (Lipinski definition) is 1. The molecule has 0 saturated heterocycles. The van der Waals surface area contributed by atoms with Gasteiger partial charge in [-0.2, -0.15) is 0 Å². The van der Waals surface area contributed by atoms with Gasteiger partial charge in [-0.15, -0.1) is 0 Å². The maximum absolute atomic E-state index is 12.5. The van der Waals surface area contributed by atoms with Gasteiger partial charge >= 0.3 is 0 Å². The van der Waals surface area contributed by atoms with Crippen LogP contribution < -0.4 is 5.32 Å². The lowest BCUT2D eigenvalue weighted by molar-refractivity contribution is 0.593. The predicted molar refractivity (Wildman–Crippen MR) is 92.1 cm³/mol. The van der Waals surface area contributed by atoms with E-state index in [1.807, 2.05) is 0 Å². The van der Waals surface area contributed by atoms with Crippen molar-refractivity contribution in [2.24, 2.45) is 0 Å². The quantitative estimate of drug-likeness (QED) is 0.647. The number of halogens is 2. The minimum absolute atomic E-state index is 0.113. The zero-order chi connectivity index (χ0) is 15.7. The van der Waals surface area contributed by atoms with Gasteiger partial charge in [0, 0.05) is 0 Å². The molecule has 0 saturated carbocycles. The van der Waals surface area contributed by atoms with Crippen LogP contribution in [0.4, 0.5) is 10.3 Å². The van der Waals surface area contributed by atoms with E-state index in [0.29, 0.717) is 10.3 Å². The fourth-order valence-electron chi connectivity index (χ4n) is 1.62. The summed E-state index contributed by atoms with van der Waals surface area (Å²) in [5, 5.41) is 3.77. The Morgan fingerprint density at radius 3 is 2.50 bits per heavy atom. The molecule has 1 N–H and O–H groups in total. The van der Waals surface area contributed by atoms with Gasteiger partial charge in [-0.25, -0.2) is 18.4 Å². The van der Waals surface area contributed by atoms with Crippen molar-refractivity contribution in [3.63, 3.8) is 0 Å². The second kappa shape index (κ2) is 6.25. The summed E-state index contributed by atoms with van der Waals surface area (Å²) in [4.78, 5) is 8.36. The molecule has 114 valence electrons. The van der Waals surface area contributed by atoms with E-state index in [0.717, 1.165) is 15.1 Å². The fourth-order valence-corrected chi connectivity index (χ4v) is 5.62. The van der Waals surface area contributed by atoms with Crippen LogP contribution in [0.1, 0.15) is 0 Å². The molecule has 0 atom stereocenters. The maximum Gasteiger partial charge on any atom is 0.226 e. The van der Waals surface area contributed by atoms with Crippen LogP contribution in [0.2, 0.25) is 4.34 Å². The SMILES string of the molecule is O=S(=O)(c1ccccc1)c1nc(Nc2ncc(Br)s2)sc1Cl. The lowest BCUT2D eigenvalue weighted by Gasteiger charge is -2.01. The molecule has 0 aliphatic carbocycles. The largest absolute Gasteiger partial charge is 0.307 e. The normalized spacial score (nSPS) is 11.5.